The molecule has 106 heavy (non-hydrogen) atoms. The number of carbonyl (C=O) groups excluding carboxylic acids is 8. The molecule has 10 N–H and O–H groups in total. The van der Waals surface area contributed by atoms with E-state index in [0.717, 1.165) is 21.6 Å². The number of hydrogen-bond acceptors (Lipinski definition) is 15. The van der Waals surface area contributed by atoms with E-state index >= 15 is 0 Å². The summed E-state index contributed by atoms with van der Waals surface area (Å²) in [6, 6.07) is 52.9. The van der Waals surface area contributed by atoms with Gasteiger partial charge in [0.2, 0.25) is 29.5 Å². The van der Waals surface area contributed by atoms with E-state index in [4.69, 9.17) is 25.4 Å². The van der Waals surface area contributed by atoms with Crippen LogP contribution in [0.5, 0.6) is 0 Å². The van der Waals surface area contributed by atoms with Gasteiger partial charge in [0.05, 0.1) is 75.3 Å². The van der Waals surface area contributed by atoms with Crippen molar-refractivity contribution >= 4 is 73.7 Å². The Morgan fingerprint density at radius 2 is 0.896 bits per heavy atom. The highest BCUT2D eigenvalue weighted by molar-refractivity contribution is 8.01. The van der Waals surface area contributed by atoms with Crippen LogP contribution < -0.4 is 37.6 Å². The fourth-order valence-electron chi connectivity index (χ4n) is 12.0. The maximum absolute atomic E-state index is 14.4. The standard InChI is InChI=1S/C19H18FNO3S.C18H17FN2O3.C12H12FNO3.C11H10FNO3.C10H11FN2O.C7H8O.CH4.B/c1-12-7-9-13(10-8-12)25-19(18(23)24-2)11-16(22)21-17(19)14-5-3-4-6-15(14)20;19-14-9-5-4-8-13(14)17-15(10-16(22)21-17)20-18(23)24-11-12-6-2-1-3-7-12;1-17-12(16)8-6-10(15)14-11(8)7-4-2-3-5-9(7)13;12-8-4-2-1-3-6(8)10-7(11(15)16)5-9(14)13-10;11-7-4-2-1-3-6(7)10-8(12)5-9(14)13-10;8-6-7-4-2-1-3-5-7;;/h3-10,17H,11H2,1-2H3,(H,21,22);1-9,15,17H,10-11H2,(H,20,23)(H,21,22);2-5,8,11H,6H2,1H3,(H,14,15);1-4,7,10H,5H2,(H,13,14)(H,15,16);1-4,8,10H,5,12H2,(H,13,14);1-5,8H,6H2;1H4;/t17?,19-;15-,17+;;7-,10?;8-,10?;;;/m10.00.../s1. The number of aliphatic hydroxyl groups is 1. The first kappa shape index (κ1) is 83.7. The monoisotopic (exact) mass is 1480 g/mol. The number of rotatable bonds is 14. The molecule has 8 aromatic carbocycles. The van der Waals surface area contributed by atoms with Crippen molar-refractivity contribution in [3.05, 3.63) is 280 Å². The Morgan fingerprint density at radius 1 is 0.500 bits per heavy atom. The molecule has 0 spiro atoms. The number of amides is 6. The van der Waals surface area contributed by atoms with Gasteiger partial charge in [-0.05, 0) is 60.5 Å². The van der Waals surface area contributed by atoms with Gasteiger partial charge in [0.15, 0.2) is 4.75 Å². The lowest BCUT2D eigenvalue weighted by Crippen LogP contribution is -2.41. The highest BCUT2D eigenvalue weighted by atomic mass is 32.2. The number of ether oxygens (including phenoxy) is 3. The number of aliphatic carboxylic acids is 1. The predicted molar refractivity (Wildman–Crippen MR) is 384 cm³/mol. The van der Waals surface area contributed by atoms with Crippen molar-refractivity contribution in [2.75, 3.05) is 14.2 Å². The molecule has 5 heterocycles. The Balaban J connectivity index is 0.000000204. The molecule has 0 saturated carbocycles. The first-order valence-corrected chi connectivity index (χ1v) is 33.5. The van der Waals surface area contributed by atoms with E-state index in [1.807, 2.05) is 91.9 Å². The van der Waals surface area contributed by atoms with Gasteiger partial charge < -0.3 is 62.1 Å². The Kier molecular flexibility index (Phi) is 31.7. The number of carboxylic acids is 1. The van der Waals surface area contributed by atoms with Crippen molar-refractivity contribution in [3.63, 3.8) is 0 Å². The van der Waals surface area contributed by atoms with E-state index in [1.165, 1.54) is 68.4 Å². The zero-order chi connectivity index (χ0) is 75.0. The number of aryl methyl sites for hydroxylation is 1. The average Bonchev–Trinajstić information content (AvgIpc) is 1.58. The van der Waals surface area contributed by atoms with Gasteiger partial charge in [-0.3, -0.25) is 38.4 Å². The summed E-state index contributed by atoms with van der Waals surface area (Å²) >= 11 is 1.23. The fourth-order valence-corrected chi connectivity index (χ4v) is 13.3. The molecule has 5 aliphatic rings. The minimum atomic E-state index is -1.26. The van der Waals surface area contributed by atoms with Crippen molar-refractivity contribution in [2.24, 2.45) is 17.6 Å². The summed E-state index contributed by atoms with van der Waals surface area (Å²) in [5, 5.41) is 33.3. The van der Waals surface area contributed by atoms with Gasteiger partial charge in [-0.25, -0.2) is 26.7 Å². The van der Waals surface area contributed by atoms with Crippen LogP contribution in [0, 0.1) is 47.8 Å². The van der Waals surface area contributed by atoms with E-state index in [9.17, 15) is 65.1 Å². The van der Waals surface area contributed by atoms with Crippen LogP contribution in [-0.2, 0) is 65.8 Å². The van der Waals surface area contributed by atoms with Crippen molar-refractivity contribution in [1.82, 2.24) is 31.9 Å². The normalized spacial score (nSPS) is 21.3. The van der Waals surface area contributed by atoms with Gasteiger partial charge in [-0.15, -0.1) is 11.8 Å². The molecule has 5 saturated heterocycles. The number of esters is 2. The first-order chi connectivity index (χ1) is 49.9. The van der Waals surface area contributed by atoms with Gasteiger partial charge in [-0.1, -0.05) is 177 Å². The number of carbonyl (C=O) groups is 9. The molecule has 3 radical (unpaired) electrons. The lowest BCUT2D eigenvalue weighted by molar-refractivity contribution is -0.146. The molecule has 0 aromatic heterocycles. The molecule has 5 aliphatic heterocycles. The van der Waals surface area contributed by atoms with E-state index in [-0.39, 0.29) is 120 Å². The van der Waals surface area contributed by atoms with Gasteiger partial charge in [-0.2, -0.15) is 0 Å². The quantitative estimate of drug-likeness (QED) is 0.0211. The number of halogens is 5. The van der Waals surface area contributed by atoms with Crippen LogP contribution in [0.25, 0.3) is 0 Å². The summed E-state index contributed by atoms with van der Waals surface area (Å²) in [6.07, 6.45) is -0.433. The highest BCUT2D eigenvalue weighted by Crippen LogP contribution is 2.49. The van der Waals surface area contributed by atoms with E-state index in [2.05, 4.69) is 36.6 Å². The molecule has 0 aliphatic carbocycles. The van der Waals surface area contributed by atoms with E-state index in [1.54, 1.807) is 78.9 Å². The molecule has 555 valence electrons. The van der Waals surface area contributed by atoms with Crippen molar-refractivity contribution in [3.8, 4) is 0 Å². The number of alkyl carbamates (subject to hydrolysis) is 1. The van der Waals surface area contributed by atoms with Gasteiger partial charge in [0.1, 0.15) is 35.7 Å². The van der Waals surface area contributed by atoms with Crippen molar-refractivity contribution < 1.29 is 89.5 Å². The SMILES string of the molecule is C.COC(=O)C1CC(=O)NC1c1ccccc1F.COC(=O)[C@@]1(Sc2ccc(C)cc2)CC(=O)NC1c1ccccc1F.N[C@H]1CC(=O)NC1c1ccccc1F.O=C1C[C@H](C(=O)O)C(c2ccccc2F)N1.O=C1C[C@H](NC(=O)OCc2ccccc2)[C@@H](c2ccccc2F)N1.OCc1ccccc1.[B]. The predicted octanol–water partition coefficient (Wildman–Crippen LogP) is 10.5. The molecule has 10 atom stereocenters. The number of benzene rings is 8. The molecule has 8 aromatic rings. The number of nitrogens with one attached hydrogen (secondary N) is 6. The lowest BCUT2D eigenvalue weighted by Gasteiger charge is -2.31. The second kappa shape index (κ2) is 40.2. The topological polar surface area (TPSA) is 320 Å². The molecule has 13 rings (SSSR count). The van der Waals surface area contributed by atoms with Gasteiger partial charge >= 0.3 is 24.0 Å². The maximum Gasteiger partial charge on any atom is 0.407 e. The molecule has 21 nitrogen and oxygen atoms in total. The van der Waals surface area contributed by atoms with Crippen molar-refractivity contribution in [2.45, 2.75) is 112 Å². The maximum atomic E-state index is 14.4. The molecule has 28 heteroatoms. The summed E-state index contributed by atoms with van der Waals surface area (Å²) in [4.78, 5) is 105. The highest BCUT2D eigenvalue weighted by Gasteiger charge is 2.56. The van der Waals surface area contributed by atoms with Crippen LogP contribution >= 0.6 is 11.8 Å². The number of thioether (sulfide) groups is 1. The molecule has 6 amide bonds. The first-order valence-electron chi connectivity index (χ1n) is 32.6. The summed E-state index contributed by atoms with van der Waals surface area (Å²) in [6.45, 7) is 2.24. The summed E-state index contributed by atoms with van der Waals surface area (Å²) in [5.41, 5.74) is 10.3. The lowest BCUT2D eigenvalue weighted by atomic mass is 9.92. The van der Waals surface area contributed by atoms with E-state index in [0.29, 0.717) is 16.7 Å². The van der Waals surface area contributed by atoms with Crippen LogP contribution in [0.3, 0.4) is 0 Å². The zero-order valence-electron chi connectivity index (χ0n) is 57.0. The summed E-state index contributed by atoms with van der Waals surface area (Å²) in [5.74, 6) is -7.15. The average molecular weight is 1480 g/mol. The number of hydrogen-bond donors (Lipinski definition) is 9. The van der Waals surface area contributed by atoms with Crippen LogP contribution in [-0.4, -0.2) is 103 Å². The van der Waals surface area contributed by atoms with Crippen molar-refractivity contribution in [1.29, 1.82) is 0 Å². The summed E-state index contributed by atoms with van der Waals surface area (Å²) < 4.78 is 82.2. The molecular weight excluding hydrogens is 1400 g/mol. The number of aliphatic hydroxyl groups excluding tert-OH is 1. The fraction of sp³-hybridized carbons (Fsp3) is 0.269. The summed E-state index contributed by atoms with van der Waals surface area (Å²) in [7, 11) is 2.53. The zero-order valence-corrected chi connectivity index (χ0v) is 57.8. The minimum absolute atomic E-state index is 0. The van der Waals surface area contributed by atoms with Gasteiger partial charge in [0.25, 0.3) is 0 Å². The second-order valence-electron chi connectivity index (χ2n) is 24.3. The minimum Gasteiger partial charge on any atom is -0.481 e. The molecule has 5 unspecified atom stereocenters. The Bertz CT molecular complexity index is 4330. The van der Waals surface area contributed by atoms with E-state index < -0.39 is 94.1 Å². The number of methoxy groups -OCH3 is 2. The third-order valence-electron chi connectivity index (χ3n) is 17.1. The Morgan fingerprint density at radius 3 is 1.33 bits per heavy atom. The largest absolute Gasteiger partial charge is 0.481 e. The Labute approximate surface area is 615 Å². The number of nitrogens with two attached hydrogens (primary N) is 1. The van der Waals surface area contributed by atoms with Crippen LogP contribution in [0.2, 0.25) is 0 Å². The van der Waals surface area contributed by atoms with Gasteiger partial charge in [0, 0.05) is 72.9 Å². The third kappa shape index (κ3) is 22.4. The smallest absolute Gasteiger partial charge is 0.407 e. The Hall–Kier alpha value is -11.2. The van der Waals surface area contributed by atoms with Crippen LogP contribution in [0.1, 0.15) is 114 Å². The molecular formula is C78H80BF5N7O14S. The van der Waals surface area contributed by atoms with Crippen LogP contribution in [0.15, 0.2) is 211 Å². The second-order valence-corrected chi connectivity index (χ2v) is 25.7. The van der Waals surface area contributed by atoms with Crippen LogP contribution in [0.4, 0.5) is 26.7 Å². The number of carboxylic acid groups (broad SMARTS) is 1. The third-order valence-corrected chi connectivity index (χ3v) is 18.5. The molecule has 5 fully saturated rings. The molecule has 0 bridgehead atoms.